The van der Waals surface area contributed by atoms with Crippen LogP contribution in [0.5, 0.6) is 0 Å². The number of rotatable bonds is 6. The van der Waals surface area contributed by atoms with Crippen LogP contribution in [0.4, 0.5) is 4.79 Å². The number of amides is 1. The highest BCUT2D eigenvalue weighted by Crippen LogP contribution is 2.54. The maximum Gasteiger partial charge on any atom is 0.408 e. The minimum atomic E-state index is -4.92. The molecule has 0 saturated carbocycles. The van der Waals surface area contributed by atoms with Gasteiger partial charge in [0.15, 0.2) is 6.23 Å². The fraction of sp³-hybridized carbons (Fsp3) is 0.316. The molecular formula is C19H20N3O10PS. The number of aromatic amines is 1. The third-order valence-electron chi connectivity index (χ3n) is 5.21. The molecule has 1 aromatic carbocycles. The van der Waals surface area contributed by atoms with Gasteiger partial charge in [-0.2, -0.15) is 0 Å². The maximum absolute atomic E-state index is 12.4. The van der Waals surface area contributed by atoms with Crippen LogP contribution >= 0.6 is 18.9 Å². The average Bonchev–Trinajstić information content (AvgIpc) is 3.31. The number of carbonyl (C=O) groups is 1. The van der Waals surface area contributed by atoms with Crippen LogP contribution in [-0.4, -0.2) is 60.5 Å². The van der Waals surface area contributed by atoms with E-state index in [-0.39, 0.29) is 5.56 Å². The monoisotopic (exact) mass is 513 g/mol. The average molecular weight is 513 g/mol. The number of aliphatic hydroxyl groups is 2. The number of carbonyl (C=O) groups excluding carboxylic acids is 1. The van der Waals surface area contributed by atoms with Crippen molar-refractivity contribution in [2.45, 2.75) is 30.4 Å². The van der Waals surface area contributed by atoms with Gasteiger partial charge in [-0.3, -0.25) is 18.9 Å². The molecule has 34 heavy (non-hydrogen) atoms. The number of alkyl carbamates (subject to hydrolysis) is 1. The van der Waals surface area contributed by atoms with E-state index in [2.05, 4.69) is 5.32 Å². The molecule has 1 aliphatic heterocycles. The van der Waals surface area contributed by atoms with Crippen LogP contribution in [0.25, 0.3) is 10.1 Å². The summed E-state index contributed by atoms with van der Waals surface area (Å²) < 4.78 is 24.2. The number of hydrogen-bond donors (Lipinski definition) is 6. The van der Waals surface area contributed by atoms with Gasteiger partial charge in [-0.15, -0.1) is 11.3 Å². The molecule has 3 heterocycles. The Hall–Kier alpha value is -2.84. The summed E-state index contributed by atoms with van der Waals surface area (Å²) in [5.74, 6) is -1.86. The van der Waals surface area contributed by atoms with Gasteiger partial charge in [0.1, 0.15) is 18.3 Å². The van der Waals surface area contributed by atoms with E-state index in [1.807, 2.05) is 4.98 Å². The molecule has 0 bridgehead atoms. The normalized spacial score (nSPS) is 23.6. The lowest BCUT2D eigenvalue weighted by Crippen LogP contribution is -2.40. The molecule has 0 radical (unpaired) electrons. The van der Waals surface area contributed by atoms with Crippen molar-refractivity contribution in [3.8, 4) is 0 Å². The van der Waals surface area contributed by atoms with Gasteiger partial charge in [0.05, 0.1) is 0 Å². The van der Waals surface area contributed by atoms with Crippen LogP contribution in [0.15, 0.2) is 51.5 Å². The topological polar surface area (TPSA) is 200 Å². The summed E-state index contributed by atoms with van der Waals surface area (Å²) in [7, 11) is -4.92. The van der Waals surface area contributed by atoms with E-state index in [1.54, 1.807) is 24.3 Å². The van der Waals surface area contributed by atoms with E-state index in [1.165, 1.54) is 16.7 Å². The Kier molecular flexibility index (Phi) is 6.73. The molecule has 2 aromatic heterocycles. The first-order valence-corrected chi connectivity index (χ1v) is 12.4. The van der Waals surface area contributed by atoms with Crippen LogP contribution in [0.3, 0.4) is 0 Å². The van der Waals surface area contributed by atoms with Gasteiger partial charge in [0.25, 0.3) is 5.56 Å². The standard InChI is InChI=1S/C19H20N3O10PS/c23-13-5-6-22(18(26)21-13)16-15(25)14(24)11(31-16)7-20-19(27)32-17(33(28,29)30)10-8-34-12-4-2-1-3-9(10)12/h1-6,8,11,14-17,24-25H,7H2,(H,20,27)(H,21,23,26)(H2,28,29,30)/t11-,14-,15-,16-,17?/m1/s1. The number of nitrogens with zero attached hydrogens (tertiary/aromatic N) is 1. The maximum atomic E-state index is 12.4. The van der Waals surface area contributed by atoms with Crippen molar-refractivity contribution < 1.29 is 38.8 Å². The zero-order valence-electron chi connectivity index (χ0n) is 17.2. The second-order valence-electron chi connectivity index (χ2n) is 7.48. The molecule has 0 aliphatic carbocycles. The Bertz CT molecular complexity index is 1360. The van der Waals surface area contributed by atoms with Gasteiger partial charge in [-0.25, -0.2) is 9.59 Å². The quantitative estimate of drug-likeness (QED) is 0.243. The van der Waals surface area contributed by atoms with Crippen LogP contribution in [-0.2, 0) is 14.0 Å². The summed E-state index contributed by atoms with van der Waals surface area (Å²) in [4.78, 5) is 57.1. The van der Waals surface area contributed by atoms with Gasteiger partial charge in [-0.1, -0.05) is 18.2 Å². The van der Waals surface area contributed by atoms with Crippen molar-refractivity contribution in [1.29, 1.82) is 0 Å². The molecular weight excluding hydrogens is 493 g/mol. The van der Waals surface area contributed by atoms with Crippen LogP contribution in [0.1, 0.15) is 17.6 Å². The van der Waals surface area contributed by atoms with Gasteiger partial charge in [0, 0.05) is 34.5 Å². The molecule has 4 rings (SSSR count). The zero-order valence-corrected chi connectivity index (χ0v) is 18.9. The number of benzene rings is 1. The van der Waals surface area contributed by atoms with E-state index in [9.17, 15) is 38.9 Å². The number of fused-ring (bicyclic) bond motifs is 1. The highest BCUT2D eigenvalue weighted by molar-refractivity contribution is 7.52. The lowest BCUT2D eigenvalue weighted by Gasteiger charge is -2.20. The van der Waals surface area contributed by atoms with Crippen molar-refractivity contribution in [1.82, 2.24) is 14.9 Å². The van der Waals surface area contributed by atoms with E-state index in [4.69, 9.17) is 9.47 Å². The molecule has 1 saturated heterocycles. The van der Waals surface area contributed by atoms with Crippen molar-refractivity contribution in [3.05, 3.63) is 68.3 Å². The van der Waals surface area contributed by atoms with Gasteiger partial charge in [-0.05, 0) is 11.4 Å². The van der Waals surface area contributed by atoms with Crippen molar-refractivity contribution >= 4 is 35.1 Å². The molecule has 1 aliphatic rings. The summed E-state index contributed by atoms with van der Waals surface area (Å²) in [5.41, 5.74) is -1.38. The van der Waals surface area contributed by atoms with E-state index in [0.717, 1.165) is 21.5 Å². The summed E-state index contributed by atoms with van der Waals surface area (Å²) >= 11 is 1.23. The lowest BCUT2D eigenvalue weighted by molar-refractivity contribution is -0.0391. The molecule has 1 unspecified atom stereocenters. The number of hydrogen-bond acceptors (Lipinski definition) is 9. The Morgan fingerprint density at radius 3 is 2.68 bits per heavy atom. The highest BCUT2D eigenvalue weighted by atomic mass is 32.1. The Labute approximate surface area is 194 Å². The van der Waals surface area contributed by atoms with Crippen molar-refractivity contribution in [3.63, 3.8) is 0 Å². The SMILES string of the molecule is O=C(NC[C@H]1O[C@@H](n2ccc(=O)[nH]c2=O)[C@H](O)[C@@H]1O)OC(c1csc2ccccc12)P(=O)(O)O. The number of ether oxygens (including phenoxy) is 2. The van der Waals surface area contributed by atoms with Gasteiger partial charge >= 0.3 is 19.4 Å². The molecule has 0 spiro atoms. The van der Waals surface area contributed by atoms with Crippen LogP contribution < -0.4 is 16.6 Å². The Balaban J connectivity index is 1.45. The first-order valence-electron chi connectivity index (χ1n) is 9.85. The molecule has 182 valence electrons. The second kappa shape index (κ2) is 9.43. The first kappa shape index (κ1) is 24.3. The zero-order chi connectivity index (χ0) is 24.6. The number of aromatic nitrogens is 2. The third-order valence-corrected chi connectivity index (χ3v) is 7.19. The number of nitrogens with one attached hydrogen (secondary N) is 2. The first-order chi connectivity index (χ1) is 16.1. The number of thiophene rings is 1. The largest absolute Gasteiger partial charge is 0.428 e. The Morgan fingerprint density at radius 1 is 1.24 bits per heavy atom. The summed E-state index contributed by atoms with van der Waals surface area (Å²) in [6.45, 7) is -0.413. The fourth-order valence-corrected chi connectivity index (χ4v) is 5.47. The second-order valence-corrected chi connectivity index (χ2v) is 10.0. The highest BCUT2D eigenvalue weighted by Gasteiger charge is 2.44. The summed E-state index contributed by atoms with van der Waals surface area (Å²) in [6, 6.07) is 7.88. The summed E-state index contributed by atoms with van der Waals surface area (Å²) in [5, 5.41) is 24.8. The predicted molar refractivity (Wildman–Crippen MR) is 118 cm³/mol. The minimum Gasteiger partial charge on any atom is -0.428 e. The van der Waals surface area contributed by atoms with Crippen molar-refractivity contribution in [2.75, 3.05) is 6.54 Å². The van der Waals surface area contributed by atoms with Crippen molar-refractivity contribution in [2.24, 2.45) is 0 Å². The molecule has 1 fully saturated rings. The van der Waals surface area contributed by atoms with E-state index >= 15 is 0 Å². The predicted octanol–water partition coefficient (Wildman–Crippen LogP) is -0.0268. The molecule has 13 nitrogen and oxygen atoms in total. The Morgan fingerprint density at radius 2 is 1.97 bits per heavy atom. The minimum absolute atomic E-state index is 0.147. The fourth-order valence-electron chi connectivity index (χ4n) is 3.59. The number of aliphatic hydroxyl groups excluding tert-OH is 2. The van der Waals surface area contributed by atoms with E-state index < -0.39 is 61.9 Å². The van der Waals surface area contributed by atoms with Gasteiger partial charge < -0.3 is 34.8 Å². The van der Waals surface area contributed by atoms with Crippen LogP contribution in [0, 0.1) is 0 Å². The molecule has 6 N–H and O–H groups in total. The van der Waals surface area contributed by atoms with E-state index in [0.29, 0.717) is 5.39 Å². The lowest BCUT2D eigenvalue weighted by atomic mass is 10.1. The molecule has 15 heteroatoms. The molecule has 3 aromatic rings. The molecule has 1 amide bonds. The number of H-pyrrole nitrogens is 1. The smallest absolute Gasteiger partial charge is 0.408 e. The third kappa shape index (κ3) is 4.83. The molecule has 5 atom stereocenters. The van der Waals surface area contributed by atoms with Gasteiger partial charge in [0.2, 0.25) is 5.85 Å². The summed E-state index contributed by atoms with van der Waals surface area (Å²) in [6.07, 6.45) is -5.74. The van der Waals surface area contributed by atoms with Crippen LogP contribution in [0.2, 0.25) is 0 Å².